The first kappa shape index (κ1) is 15.4. The summed E-state index contributed by atoms with van der Waals surface area (Å²) in [7, 11) is 1.66. The summed E-state index contributed by atoms with van der Waals surface area (Å²) in [6, 6.07) is 12.4. The van der Waals surface area contributed by atoms with Crippen molar-refractivity contribution in [3.63, 3.8) is 0 Å². The van der Waals surface area contributed by atoms with Crippen molar-refractivity contribution in [3.8, 4) is 5.75 Å². The van der Waals surface area contributed by atoms with Crippen LogP contribution in [0.25, 0.3) is 0 Å². The highest BCUT2D eigenvalue weighted by Crippen LogP contribution is 2.38. The standard InChI is InChI=1S/C17H15ClN2O3/c1-20-16(22)10-23-14-7-3-6-13(17(14)20)19-15(21)9-11-4-2-5-12(18)8-11/h2-8H,9-10H2,1H3,(H,19,21). The summed E-state index contributed by atoms with van der Waals surface area (Å²) in [5.74, 6) is 0.230. The van der Waals surface area contributed by atoms with Crippen molar-refractivity contribution in [1.82, 2.24) is 0 Å². The molecule has 0 atom stereocenters. The van der Waals surface area contributed by atoms with E-state index in [4.69, 9.17) is 16.3 Å². The Morgan fingerprint density at radius 3 is 2.87 bits per heavy atom. The van der Waals surface area contributed by atoms with Crippen LogP contribution in [0.3, 0.4) is 0 Å². The quantitative estimate of drug-likeness (QED) is 0.941. The van der Waals surface area contributed by atoms with E-state index in [0.717, 1.165) is 5.56 Å². The van der Waals surface area contributed by atoms with Gasteiger partial charge in [0.2, 0.25) is 5.91 Å². The van der Waals surface area contributed by atoms with Gasteiger partial charge in [-0.1, -0.05) is 29.8 Å². The molecule has 1 aliphatic heterocycles. The monoisotopic (exact) mass is 330 g/mol. The molecule has 118 valence electrons. The summed E-state index contributed by atoms with van der Waals surface area (Å²) < 4.78 is 5.40. The first-order valence-corrected chi connectivity index (χ1v) is 7.49. The molecule has 0 unspecified atom stereocenters. The Morgan fingerprint density at radius 2 is 2.09 bits per heavy atom. The van der Waals surface area contributed by atoms with Crippen LogP contribution in [0.4, 0.5) is 11.4 Å². The van der Waals surface area contributed by atoms with Crippen molar-refractivity contribution >= 4 is 34.8 Å². The molecule has 0 bridgehead atoms. The summed E-state index contributed by atoms with van der Waals surface area (Å²) in [4.78, 5) is 25.6. The van der Waals surface area contributed by atoms with Crippen LogP contribution in [0.5, 0.6) is 5.75 Å². The zero-order chi connectivity index (χ0) is 16.4. The number of benzene rings is 2. The van der Waals surface area contributed by atoms with Gasteiger partial charge in [0.25, 0.3) is 5.91 Å². The maximum Gasteiger partial charge on any atom is 0.264 e. The maximum absolute atomic E-state index is 12.3. The molecule has 1 heterocycles. The molecule has 2 aromatic rings. The van der Waals surface area contributed by atoms with Crippen LogP contribution in [0, 0.1) is 0 Å². The van der Waals surface area contributed by atoms with E-state index in [1.165, 1.54) is 4.90 Å². The molecule has 0 fully saturated rings. The Balaban J connectivity index is 1.81. The Hall–Kier alpha value is -2.53. The van der Waals surface area contributed by atoms with Gasteiger partial charge in [-0.25, -0.2) is 0 Å². The Morgan fingerprint density at radius 1 is 1.30 bits per heavy atom. The molecule has 1 N–H and O–H groups in total. The third-order valence-corrected chi connectivity index (χ3v) is 3.82. The number of anilines is 2. The highest BCUT2D eigenvalue weighted by atomic mass is 35.5. The van der Waals surface area contributed by atoms with E-state index in [2.05, 4.69) is 5.32 Å². The Labute approximate surface area is 138 Å². The molecule has 0 spiro atoms. The molecule has 3 rings (SSSR count). The van der Waals surface area contributed by atoms with E-state index in [1.54, 1.807) is 43.4 Å². The number of hydrogen-bond donors (Lipinski definition) is 1. The summed E-state index contributed by atoms with van der Waals surface area (Å²) >= 11 is 5.93. The summed E-state index contributed by atoms with van der Waals surface area (Å²) in [6.07, 6.45) is 0.197. The fraction of sp³-hybridized carbons (Fsp3) is 0.176. The molecule has 0 aliphatic carbocycles. The van der Waals surface area contributed by atoms with Gasteiger partial charge < -0.3 is 15.0 Å². The number of amides is 2. The first-order valence-electron chi connectivity index (χ1n) is 7.11. The van der Waals surface area contributed by atoms with Gasteiger partial charge in [-0.05, 0) is 29.8 Å². The molecule has 6 heteroatoms. The smallest absolute Gasteiger partial charge is 0.264 e. The number of nitrogens with one attached hydrogen (secondary N) is 1. The van der Waals surface area contributed by atoms with E-state index >= 15 is 0 Å². The minimum Gasteiger partial charge on any atom is -0.481 e. The SMILES string of the molecule is CN1C(=O)COc2cccc(NC(=O)Cc3cccc(Cl)c3)c21. The number of rotatable bonds is 3. The number of hydrogen-bond acceptors (Lipinski definition) is 3. The van der Waals surface area contributed by atoms with E-state index < -0.39 is 0 Å². The molecule has 23 heavy (non-hydrogen) atoms. The van der Waals surface area contributed by atoms with Gasteiger partial charge >= 0.3 is 0 Å². The molecule has 5 nitrogen and oxygen atoms in total. The Kier molecular flexibility index (Phi) is 4.21. The third-order valence-electron chi connectivity index (χ3n) is 3.59. The molecular weight excluding hydrogens is 316 g/mol. The number of likely N-dealkylation sites (N-methyl/N-ethyl adjacent to an activating group) is 1. The van der Waals surface area contributed by atoms with E-state index in [0.29, 0.717) is 22.1 Å². The van der Waals surface area contributed by atoms with Gasteiger partial charge in [0.15, 0.2) is 6.61 Å². The van der Waals surface area contributed by atoms with Crippen molar-refractivity contribution in [2.24, 2.45) is 0 Å². The second kappa shape index (κ2) is 6.30. The van der Waals surface area contributed by atoms with E-state index in [-0.39, 0.29) is 24.8 Å². The molecular formula is C17H15ClN2O3. The predicted octanol–water partition coefficient (Wildman–Crippen LogP) is 2.88. The minimum atomic E-state index is -0.188. The highest BCUT2D eigenvalue weighted by Gasteiger charge is 2.25. The minimum absolute atomic E-state index is 0.00339. The normalized spacial score (nSPS) is 13.3. The Bertz CT molecular complexity index is 776. The number of halogens is 1. The molecule has 0 radical (unpaired) electrons. The van der Waals surface area contributed by atoms with Crippen molar-refractivity contribution < 1.29 is 14.3 Å². The van der Waals surface area contributed by atoms with Crippen LogP contribution < -0.4 is 15.0 Å². The zero-order valence-corrected chi connectivity index (χ0v) is 13.3. The maximum atomic E-state index is 12.3. The lowest BCUT2D eigenvalue weighted by molar-refractivity contribution is -0.121. The van der Waals surface area contributed by atoms with Gasteiger partial charge in [-0.2, -0.15) is 0 Å². The molecule has 0 saturated carbocycles. The second-order valence-electron chi connectivity index (χ2n) is 5.25. The average molecular weight is 331 g/mol. The van der Waals surface area contributed by atoms with Gasteiger partial charge in [-0.15, -0.1) is 0 Å². The largest absolute Gasteiger partial charge is 0.481 e. The van der Waals surface area contributed by atoms with Crippen LogP contribution in [0.15, 0.2) is 42.5 Å². The van der Waals surface area contributed by atoms with Crippen molar-refractivity contribution in [3.05, 3.63) is 53.1 Å². The van der Waals surface area contributed by atoms with E-state index in [1.807, 2.05) is 6.07 Å². The molecule has 1 aliphatic rings. The van der Waals surface area contributed by atoms with Gasteiger partial charge in [0.1, 0.15) is 11.4 Å². The number of carbonyl (C=O) groups excluding carboxylic acids is 2. The molecule has 0 saturated heterocycles. The summed E-state index contributed by atoms with van der Waals surface area (Å²) in [5, 5.41) is 3.42. The van der Waals surface area contributed by atoms with Crippen molar-refractivity contribution in [2.45, 2.75) is 6.42 Å². The van der Waals surface area contributed by atoms with Crippen LogP contribution in [0.1, 0.15) is 5.56 Å². The molecule has 0 aromatic heterocycles. The molecule has 2 amide bonds. The van der Waals surface area contributed by atoms with Crippen LogP contribution in [-0.4, -0.2) is 25.5 Å². The third kappa shape index (κ3) is 3.29. The average Bonchev–Trinajstić information content (AvgIpc) is 2.51. The lowest BCUT2D eigenvalue weighted by Gasteiger charge is -2.28. The predicted molar refractivity (Wildman–Crippen MR) is 89.1 cm³/mol. The fourth-order valence-electron chi connectivity index (χ4n) is 2.47. The second-order valence-corrected chi connectivity index (χ2v) is 5.69. The lowest BCUT2D eigenvalue weighted by atomic mass is 10.1. The van der Waals surface area contributed by atoms with Crippen molar-refractivity contribution in [1.29, 1.82) is 0 Å². The van der Waals surface area contributed by atoms with Gasteiger partial charge in [0, 0.05) is 12.1 Å². The van der Waals surface area contributed by atoms with Crippen LogP contribution in [0.2, 0.25) is 5.02 Å². The number of ether oxygens (including phenoxy) is 1. The highest BCUT2D eigenvalue weighted by molar-refractivity contribution is 6.30. The first-order chi connectivity index (χ1) is 11.0. The number of nitrogens with zero attached hydrogens (tertiary/aromatic N) is 1. The topological polar surface area (TPSA) is 58.6 Å². The number of carbonyl (C=O) groups is 2. The van der Waals surface area contributed by atoms with Gasteiger partial charge in [-0.3, -0.25) is 9.59 Å². The van der Waals surface area contributed by atoms with E-state index in [9.17, 15) is 9.59 Å². The van der Waals surface area contributed by atoms with Gasteiger partial charge in [0.05, 0.1) is 12.1 Å². The van der Waals surface area contributed by atoms with Crippen molar-refractivity contribution in [2.75, 3.05) is 23.9 Å². The van der Waals surface area contributed by atoms with Crippen LogP contribution in [-0.2, 0) is 16.0 Å². The summed E-state index contributed by atoms with van der Waals surface area (Å²) in [6.45, 7) is 0.00339. The number of fused-ring (bicyclic) bond motifs is 1. The van der Waals surface area contributed by atoms with Crippen LogP contribution >= 0.6 is 11.6 Å². The lowest BCUT2D eigenvalue weighted by Crippen LogP contribution is -2.36. The summed E-state index contributed by atoms with van der Waals surface area (Å²) in [5.41, 5.74) is 1.94. The molecule has 2 aromatic carbocycles. The zero-order valence-electron chi connectivity index (χ0n) is 12.5. The number of para-hydroxylation sites is 1. The fourth-order valence-corrected chi connectivity index (χ4v) is 2.69.